The number of nitrogens with zero attached hydrogens (tertiary/aromatic N) is 1. The van der Waals surface area contributed by atoms with Gasteiger partial charge in [0.15, 0.2) is 5.78 Å². The molecule has 1 rings (SSSR count). The second-order valence-corrected chi connectivity index (χ2v) is 3.32. The molecule has 0 aromatic rings. The van der Waals surface area contributed by atoms with Crippen LogP contribution in [0, 0.1) is 0 Å². The van der Waals surface area contributed by atoms with Gasteiger partial charge in [0, 0.05) is 0 Å². The molecule has 12 heavy (non-hydrogen) atoms. The summed E-state index contributed by atoms with van der Waals surface area (Å²) in [7, 11) is 0. The molecule has 0 unspecified atom stereocenters. The third-order valence-electron chi connectivity index (χ3n) is 1.92. The first-order chi connectivity index (χ1) is 5.43. The number of amides is 1. The van der Waals surface area contributed by atoms with Crippen molar-refractivity contribution in [2.75, 3.05) is 6.54 Å². The molecule has 0 aliphatic carbocycles. The molecule has 1 aliphatic rings. The molecular weight excluding hydrogens is 158 g/mol. The van der Waals surface area contributed by atoms with E-state index in [2.05, 4.69) is 0 Å². The van der Waals surface area contributed by atoms with Gasteiger partial charge >= 0.3 is 6.09 Å². The number of ketones is 1. The number of carboxylic acid groups (broad SMARTS) is 1. The number of carbonyl (C=O) groups is 2. The highest BCUT2D eigenvalue weighted by Gasteiger charge is 2.32. The zero-order valence-corrected chi connectivity index (χ0v) is 7.07. The van der Waals surface area contributed by atoms with E-state index in [1.807, 2.05) is 0 Å². The van der Waals surface area contributed by atoms with Gasteiger partial charge < -0.3 is 5.11 Å². The Bertz CT molecular complexity index is 255. The normalized spacial score (nSPS) is 21.2. The molecular formula is C8H11NO3. The molecule has 1 aliphatic heterocycles. The molecule has 0 spiro atoms. The van der Waals surface area contributed by atoms with Crippen LogP contribution in [0.1, 0.15) is 13.8 Å². The van der Waals surface area contributed by atoms with Gasteiger partial charge in [0.05, 0.1) is 12.1 Å². The zero-order valence-electron chi connectivity index (χ0n) is 7.07. The summed E-state index contributed by atoms with van der Waals surface area (Å²) >= 11 is 0. The highest BCUT2D eigenvalue weighted by molar-refractivity contribution is 5.94. The summed E-state index contributed by atoms with van der Waals surface area (Å²) in [5.74, 6) is -0.170. The van der Waals surface area contributed by atoms with Crippen LogP contribution >= 0.6 is 0 Å². The molecule has 0 bridgehead atoms. The van der Waals surface area contributed by atoms with E-state index >= 15 is 0 Å². The van der Waals surface area contributed by atoms with E-state index in [1.54, 1.807) is 19.9 Å². The van der Waals surface area contributed by atoms with Gasteiger partial charge in [0.2, 0.25) is 0 Å². The van der Waals surface area contributed by atoms with Crippen LogP contribution in [0.25, 0.3) is 0 Å². The van der Waals surface area contributed by atoms with Crippen molar-refractivity contribution in [3.8, 4) is 0 Å². The summed E-state index contributed by atoms with van der Waals surface area (Å²) in [5, 5.41) is 8.73. The van der Waals surface area contributed by atoms with Gasteiger partial charge in [-0.25, -0.2) is 4.79 Å². The third-order valence-corrected chi connectivity index (χ3v) is 1.92. The van der Waals surface area contributed by atoms with Crippen LogP contribution in [0.4, 0.5) is 4.79 Å². The average Bonchev–Trinajstić information content (AvgIpc) is 1.94. The first-order valence-corrected chi connectivity index (χ1v) is 3.66. The molecule has 66 valence electrons. The summed E-state index contributed by atoms with van der Waals surface area (Å²) in [5.41, 5.74) is -0.570. The van der Waals surface area contributed by atoms with E-state index in [-0.39, 0.29) is 12.3 Å². The van der Waals surface area contributed by atoms with Gasteiger partial charge in [-0.2, -0.15) is 0 Å². The van der Waals surface area contributed by atoms with E-state index in [9.17, 15) is 9.59 Å². The highest BCUT2D eigenvalue weighted by Crippen LogP contribution is 2.19. The van der Waals surface area contributed by atoms with E-state index in [1.165, 1.54) is 6.08 Å². The summed E-state index contributed by atoms with van der Waals surface area (Å²) in [6.07, 6.45) is 1.98. The summed E-state index contributed by atoms with van der Waals surface area (Å²) in [6.45, 7) is 3.47. The maximum Gasteiger partial charge on any atom is 0.408 e. The average molecular weight is 169 g/mol. The summed E-state index contributed by atoms with van der Waals surface area (Å²) < 4.78 is 0. The van der Waals surface area contributed by atoms with Crippen LogP contribution in [-0.4, -0.2) is 34.0 Å². The molecule has 0 saturated heterocycles. The minimum absolute atomic E-state index is 0.0428. The maximum atomic E-state index is 10.9. The van der Waals surface area contributed by atoms with E-state index in [4.69, 9.17) is 5.11 Å². The van der Waals surface area contributed by atoms with Gasteiger partial charge in [-0.05, 0) is 19.9 Å². The highest BCUT2D eigenvalue weighted by atomic mass is 16.4. The molecule has 1 amide bonds. The Labute approximate surface area is 70.5 Å². The Morgan fingerprint density at radius 3 is 2.67 bits per heavy atom. The summed E-state index contributed by atoms with van der Waals surface area (Å²) in [6, 6.07) is 0. The molecule has 0 atom stereocenters. The number of hydrogen-bond acceptors (Lipinski definition) is 2. The molecule has 0 radical (unpaired) electrons. The van der Waals surface area contributed by atoms with E-state index in [0.29, 0.717) is 0 Å². The number of hydrogen-bond donors (Lipinski definition) is 1. The van der Waals surface area contributed by atoms with Crippen LogP contribution in [-0.2, 0) is 4.79 Å². The van der Waals surface area contributed by atoms with Crippen molar-refractivity contribution < 1.29 is 14.7 Å². The molecule has 0 aromatic carbocycles. The molecule has 0 fully saturated rings. The maximum absolute atomic E-state index is 10.9. The van der Waals surface area contributed by atoms with Crippen LogP contribution in [0.2, 0.25) is 0 Å². The molecule has 1 heterocycles. The predicted molar refractivity (Wildman–Crippen MR) is 43.0 cm³/mol. The van der Waals surface area contributed by atoms with Crippen LogP contribution < -0.4 is 0 Å². The lowest BCUT2D eigenvalue weighted by atomic mass is 9.98. The predicted octanol–water partition coefficient (Wildman–Crippen LogP) is 0.884. The van der Waals surface area contributed by atoms with Crippen molar-refractivity contribution in [2.24, 2.45) is 0 Å². The lowest BCUT2D eigenvalue weighted by Crippen LogP contribution is -2.50. The Morgan fingerprint density at radius 2 is 2.25 bits per heavy atom. The van der Waals surface area contributed by atoms with E-state index in [0.717, 1.165) is 4.90 Å². The minimum atomic E-state index is -1.06. The second-order valence-electron chi connectivity index (χ2n) is 3.32. The zero-order chi connectivity index (χ0) is 9.35. The van der Waals surface area contributed by atoms with Crippen molar-refractivity contribution in [1.82, 2.24) is 4.90 Å². The summed E-state index contributed by atoms with van der Waals surface area (Å²) in [4.78, 5) is 22.6. The van der Waals surface area contributed by atoms with Crippen molar-refractivity contribution in [3.05, 3.63) is 12.2 Å². The van der Waals surface area contributed by atoms with Gasteiger partial charge in [-0.15, -0.1) is 0 Å². The quantitative estimate of drug-likeness (QED) is 0.585. The Morgan fingerprint density at radius 1 is 1.67 bits per heavy atom. The largest absolute Gasteiger partial charge is 0.465 e. The first kappa shape index (κ1) is 8.77. The smallest absolute Gasteiger partial charge is 0.408 e. The van der Waals surface area contributed by atoms with Crippen molar-refractivity contribution in [1.29, 1.82) is 0 Å². The third kappa shape index (κ3) is 1.47. The molecule has 4 nitrogen and oxygen atoms in total. The fraction of sp³-hybridized carbons (Fsp3) is 0.500. The van der Waals surface area contributed by atoms with Crippen LogP contribution in [0.5, 0.6) is 0 Å². The minimum Gasteiger partial charge on any atom is -0.465 e. The molecule has 0 aromatic heterocycles. The Balaban J connectivity index is 2.94. The standard InChI is InChI=1S/C8H11NO3/c1-8(2)4-3-6(10)5-9(8)7(11)12/h3-4H,5H2,1-2H3,(H,11,12). The van der Waals surface area contributed by atoms with Crippen molar-refractivity contribution >= 4 is 11.9 Å². The fourth-order valence-corrected chi connectivity index (χ4v) is 1.11. The van der Waals surface area contributed by atoms with Crippen molar-refractivity contribution in [2.45, 2.75) is 19.4 Å². The van der Waals surface area contributed by atoms with E-state index < -0.39 is 11.6 Å². The Hall–Kier alpha value is -1.32. The lowest BCUT2D eigenvalue weighted by Gasteiger charge is -2.35. The van der Waals surface area contributed by atoms with Gasteiger partial charge in [0.25, 0.3) is 0 Å². The fourth-order valence-electron chi connectivity index (χ4n) is 1.11. The van der Waals surface area contributed by atoms with Gasteiger partial charge in [-0.1, -0.05) is 6.08 Å². The SMILES string of the molecule is CC1(C)C=CC(=O)CN1C(=O)O. The first-order valence-electron chi connectivity index (χ1n) is 3.66. The monoisotopic (exact) mass is 169 g/mol. The van der Waals surface area contributed by atoms with Crippen LogP contribution in [0.3, 0.4) is 0 Å². The molecule has 0 saturated carbocycles. The van der Waals surface area contributed by atoms with Gasteiger partial charge in [-0.3, -0.25) is 9.69 Å². The second kappa shape index (κ2) is 2.62. The van der Waals surface area contributed by atoms with Crippen LogP contribution in [0.15, 0.2) is 12.2 Å². The van der Waals surface area contributed by atoms with Gasteiger partial charge in [0.1, 0.15) is 0 Å². The lowest BCUT2D eigenvalue weighted by molar-refractivity contribution is -0.117. The number of carbonyl (C=O) groups excluding carboxylic acids is 1. The van der Waals surface area contributed by atoms with Crippen molar-refractivity contribution in [3.63, 3.8) is 0 Å². The Kier molecular flexibility index (Phi) is 1.92. The number of rotatable bonds is 0. The molecule has 1 N–H and O–H groups in total. The topological polar surface area (TPSA) is 57.6 Å². The molecule has 4 heteroatoms.